The highest BCUT2D eigenvalue weighted by Gasteiger charge is 2.44. The topological polar surface area (TPSA) is 98.0 Å². The molecule has 1 fully saturated rings. The Morgan fingerprint density at radius 1 is 1.32 bits per heavy atom. The van der Waals surface area contributed by atoms with Crippen molar-refractivity contribution in [2.45, 2.75) is 24.8 Å². The first kappa shape index (κ1) is 17.2. The van der Waals surface area contributed by atoms with Gasteiger partial charge in [-0.3, -0.25) is 14.6 Å². The van der Waals surface area contributed by atoms with Gasteiger partial charge in [0.05, 0.1) is 17.0 Å². The number of rotatable bonds is 6. The second-order valence-corrected chi connectivity index (χ2v) is 6.54. The molecular formula is C17H17ClN4O3. The van der Waals surface area contributed by atoms with E-state index in [1.165, 1.54) is 24.7 Å². The molecular weight excluding hydrogens is 344 g/mol. The van der Waals surface area contributed by atoms with Crippen LogP contribution < -0.4 is 15.4 Å². The predicted molar refractivity (Wildman–Crippen MR) is 90.8 cm³/mol. The number of nitrogens with one attached hydrogen (secondary N) is 2. The van der Waals surface area contributed by atoms with Crippen LogP contribution >= 0.6 is 11.6 Å². The lowest BCUT2D eigenvalue weighted by atomic mass is 10.2. The van der Waals surface area contributed by atoms with Gasteiger partial charge in [-0.15, -0.1) is 0 Å². The summed E-state index contributed by atoms with van der Waals surface area (Å²) in [6, 6.07) is 6.47. The van der Waals surface area contributed by atoms with Crippen LogP contribution in [0, 0.1) is 5.21 Å². The van der Waals surface area contributed by atoms with Crippen LogP contribution in [0.1, 0.15) is 28.9 Å². The Hall–Kier alpha value is -2.67. The molecule has 1 aliphatic rings. The van der Waals surface area contributed by atoms with Crippen LogP contribution in [0.5, 0.6) is 0 Å². The van der Waals surface area contributed by atoms with E-state index < -0.39 is 5.54 Å². The lowest BCUT2D eigenvalue weighted by Crippen LogP contribution is -2.46. The molecule has 0 radical (unpaired) electrons. The number of nitrogens with zero attached hydrogens (tertiary/aromatic N) is 2. The van der Waals surface area contributed by atoms with Gasteiger partial charge in [-0.2, -0.15) is 4.73 Å². The van der Waals surface area contributed by atoms with E-state index in [0.29, 0.717) is 22.0 Å². The Kier molecular flexibility index (Phi) is 4.85. The van der Waals surface area contributed by atoms with Crippen LogP contribution in [0.25, 0.3) is 0 Å². The van der Waals surface area contributed by atoms with Crippen LogP contribution in [-0.4, -0.2) is 28.9 Å². The molecule has 130 valence electrons. The minimum atomic E-state index is -0.415. The van der Waals surface area contributed by atoms with Gasteiger partial charge in [-0.05, 0) is 31.0 Å². The number of amides is 2. The van der Waals surface area contributed by atoms with Gasteiger partial charge in [0, 0.05) is 24.5 Å². The number of aromatic nitrogens is 2. The quantitative estimate of drug-likeness (QED) is 0.593. The average Bonchev–Trinajstić information content (AvgIpc) is 3.34. The van der Waals surface area contributed by atoms with E-state index in [9.17, 15) is 14.8 Å². The maximum Gasteiger partial charge on any atom is 0.257 e. The maximum absolute atomic E-state index is 12.2. The van der Waals surface area contributed by atoms with Crippen molar-refractivity contribution in [3.8, 4) is 0 Å². The van der Waals surface area contributed by atoms with E-state index in [1.54, 1.807) is 18.2 Å². The molecule has 0 spiro atoms. The summed E-state index contributed by atoms with van der Waals surface area (Å²) in [6.07, 6.45) is 5.76. The van der Waals surface area contributed by atoms with Crippen molar-refractivity contribution >= 4 is 23.4 Å². The first-order valence-electron chi connectivity index (χ1n) is 7.84. The molecule has 0 saturated heterocycles. The zero-order valence-corrected chi connectivity index (χ0v) is 14.1. The van der Waals surface area contributed by atoms with E-state index in [4.69, 9.17) is 11.6 Å². The van der Waals surface area contributed by atoms with Crippen LogP contribution in [0.2, 0.25) is 5.02 Å². The molecule has 0 atom stereocenters. The smallest absolute Gasteiger partial charge is 0.257 e. The molecule has 0 aliphatic heterocycles. The molecule has 7 nitrogen and oxygen atoms in total. The summed E-state index contributed by atoms with van der Waals surface area (Å²) < 4.78 is 0.572. The number of carbonyl (C=O) groups excluding carboxylic acids is 2. The van der Waals surface area contributed by atoms with Crippen LogP contribution in [-0.2, 0) is 11.2 Å². The van der Waals surface area contributed by atoms with Crippen molar-refractivity contribution in [2.24, 2.45) is 0 Å². The van der Waals surface area contributed by atoms with Crippen LogP contribution in [0.15, 0.2) is 42.9 Å². The molecule has 0 bridgehead atoms. The molecule has 2 aromatic rings. The van der Waals surface area contributed by atoms with Gasteiger partial charge in [0.2, 0.25) is 5.91 Å². The molecule has 3 rings (SSSR count). The molecule has 2 amide bonds. The van der Waals surface area contributed by atoms with Gasteiger partial charge in [0.1, 0.15) is 5.56 Å². The number of hydrogen-bond acceptors (Lipinski definition) is 4. The van der Waals surface area contributed by atoms with Crippen molar-refractivity contribution in [1.82, 2.24) is 15.6 Å². The number of halogens is 1. The first-order chi connectivity index (χ1) is 12.0. The average molecular weight is 361 g/mol. The lowest BCUT2D eigenvalue weighted by Gasteiger charge is -2.18. The molecule has 2 N–H and O–H groups in total. The van der Waals surface area contributed by atoms with Crippen molar-refractivity contribution < 1.29 is 14.3 Å². The van der Waals surface area contributed by atoms with Crippen molar-refractivity contribution in [3.63, 3.8) is 0 Å². The fourth-order valence-electron chi connectivity index (χ4n) is 2.45. The molecule has 2 heterocycles. The van der Waals surface area contributed by atoms with E-state index >= 15 is 0 Å². The van der Waals surface area contributed by atoms with Gasteiger partial charge in [-0.1, -0.05) is 11.6 Å². The van der Waals surface area contributed by atoms with Gasteiger partial charge < -0.3 is 15.8 Å². The first-order valence-corrected chi connectivity index (χ1v) is 8.22. The fraction of sp³-hybridized carbons (Fsp3) is 0.294. The summed E-state index contributed by atoms with van der Waals surface area (Å²) in [5.74, 6) is -0.497. The highest BCUT2D eigenvalue weighted by molar-refractivity contribution is 6.30. The highest BCUT2D eigenvalue weighted by atomic mass is 35.5. The van der Waals surface area contributed by atoms with Gasteiger partial charge in [0.15, 0.2) is 12.4 Å². The molecule has 8 heteroatoms. The zero-order valence-electron chi connectivity index (χ0n) is 13.4. The number of hydrogen-bond donors (Lipinski definition) is 2. The molecule has 25 heavy (non-hydrogen) atoms. The Labute approximate surface area is 149 Å². The summed E-state index contributed by atoms with van der Waals surface area (Å²) in [4.78, 5) is 28.3. The predicted octanol–water partition coefficient (Wildman–Crippen LogP) is 0.990. The molecule has 1 saturated carbocycles. The van der Waals surface area contributed by atoms with Crippen LogP contribution in [0.4, 0.5) is 0 Å². The second kappa shape index (κ2) is 7.06. The van der Waals surface area contributed by atoms with Crippen molar-refractivity contribution in [3.05, 3.63) is 64.3 Å². The molecule has 2 aromatic heterocycles. The summed E-state index contributed by atoms with van der Waals surface area (Å²) in [5, 5.41) is 17.5. The number of pyridine rings is 2. The summed E-state index contributed by atoms with van der Waals surface area (Å²) in [7, 11) is 0. The van der Waals surface area contributed by atoms with Crippen LogP contribution in [0.3, 0.4) is 0 Å². The summed E-state index contributed by atoms with van der Waals surface area (Å²) >= 11 is 5.77. The van der Waals surface area contributed by atoms with E-state index in [1.807, 2.05) is 0 Å². The Morgan fingerprint density at radius 2 is 2.12 bits per heavy atom. The Balaban J connectivity index is 1.51. The number of carbonyl (C=O) groups is 2. The second-order valence-electron chi connectivity index (χ2n) is 6.11. The fourth-order valence-corrected chi connectivity index (χ4v) is 2.56. The Morgan fingerprint density at radius 3 is 2.76 bits per heavy atom. The molecule has 1 aliphatic carbocycles. The van der Waals surface area contributed by atoms with Gasteiger partial charge >= 0.3 is 0 Å². The normalized spacial score (nSPS) is 14.6. The SMILES string of the molecule is O=C(Cc1ccc(Cl)cn1)NC1(CNC(=O)c2ccc[n+]([O-])c2)CC1. The van der Waals surface area contributed by atoms with Crippen molar-refractivity contribution in [2.75, 3.05) is 6.54 Å². The Bertz CT molecular complexity index is 791. The summed E-state index contributed by atoms with van der Waals surface area (Å²) in [5.41, 5.74) is 0.498. The standard InChI is InChI=1S/C17H17ClN4O3/c18-13-3-4-14(19-9-13)8-15(23)21-17(5-6-17)11-20-16(24)12-2-1-7-22(25)10-12/h1-4,7,9-10H,5-6,8,11H2,(H,20,24)(H,21,23). The monoisotopic (exact) mass is 360 g/mol. The van der Waals surface area contributed by atoms with Crippen molar-refractivity contribution in [1.29, 1.82) is 0 Å². The van der Waals surface area contributed by atoms with Gasteiger partial charge in [-0.25, -0.2) is 0 Å². The van der Waals surface area contributed by atoms with Gasteiger partial charge in [0.25, 0.3) is 5.91 Å². The molecule has 0 aromatic carbocycles. The maximum atomic E-state index is 12.2. The highest BCUT2D eigenvalue weighted by Crippen LogP contribution is 2.34. The zero-order chi connectivity index (χ0) is 17.9. The van der Waals surface area contributed by atoms with E-state index in [2.05, 4.69) is 15.6 Å². The third-order valence-electron chi connectivity index (χ3n) is 4.01. The van der Waals surface area contributed by atoms with E-state index in [-0.39, 0.29) is 23.8 Å². The largest absolute Gasteiger partial charge is 0.619 e. The van der Waals surface area contributed by atoms with E-state index in [0.717, 1.165) is 12.8 Å². The minimum Gasteiger partial charge on any atom is -0.619 e. The third-order valence-corrected chi connectivity index (χ3v) is 4.24. The molecule has 0 unspecified atom stereocenters. The third kappa shape index (κ3) is 4.67. The lowest BCUT2D eigenvalue weighted by molar-refractivity contribution is -0.605. The minimum absolute atomic E-state index is 0.154. The summed E-state index contributed by atoms with van der Waals surface area (Å²) in [6.45, 7) is 0.319.